The fraction of sp³-hybridized carbons (Fsp3) is 0.0769. The standard InChI is InChI=1S/C13H9Cl2FN2O/c14-9-2-1-3-10(15)8(9)6-13(19)18-12-4-5-17-7-11(12)16/h1-5,7H,6H2,(H,17,18,19). The van der Waals surface area contributed by atoms with Gasteiger partial charge < -0.3 is 5.32 Å². The molecule has 0 radical (unpaired) electrons. The van der Waals surface area contributed by atoms with Gasteiger partial charge in [-0.3, -0.25) is 9.78 Å². The topological polar surface area (TPSA) is 42.0 Å². The maximum atomic E-state index is 13.3. The molecule has 98 valence electrons. The van der Waals surface area contributed by atoms with Crippen LogP contribution in [0.5, 0.6) is 0 Å². The Morgan fingerprint density at radius 2 is 1.95 bits per heavy atom. The third-order valence-electron chi connectivity index (χ3n) is 2.45. The highest BCUT2D eigenvalue weighted by Gasteiger charge is 2.12. The number of carbonyl (C=O) groups excluding carboxylic acids is 1. The van der Waals surface area contributed by atoms with Crippen LogP contribution in [0.15, 0.2) is 36.7 Å². The first-order valence-corrected chi connectivity index (χ1v) is 6.16. The summed E-state index contributed by atoms with van der Waals surface area (Å²) in [6, 6.07) is 6.35. The second-order valence-electron chi connectivity index (χ2n) is 3.78. The van der Waals surface area contributed by atoms with Crippen molar-refractivity contribution in [1.29, 1.82) is 0 Å². The summed E-state index contributed by atoms with van der Waals surface area (Å²) in [6.07, 6.45) is 2.39. The smallest absolute Gasteiger partial charge is 0.228 e. The zero-order valence-electron chi connectivity index (χ0n) is 9.66. The van der Waals surface area contributed by atoms with E-state index in [1.807, 2.05) is 0 Å². The molecule has 0 fully saturated rings. The van der Waals surface area contributed by atoms with Gasteiger partial charge in [-0.1, -0.05) is 29.3 Å². The molecule has 0 aliphatic rings. The van der Waals surface area contributed by atoms with Gasteiger partial charge in [-0.05, 0) is 23.8 Å². The van der Waals surface area contributed by atoms with Gasteiger partial charge in [-0.15, -0.1) is 0 Å². The lowest BCUT2D eigenvalue weighted by molar-refractivity contribution is -0.115. The lowest BCUT2D eigenvalue weighted by Crippen LogP contribution is -2.16. The lowest BCUT2D eigenvalue weighted by Gasteiger charge is -2.08. The van der Waals surface area contributed by atoms with E-state index in [-0.39, 0.29) is 12.1 Å². The van der Waals surface area contributed by atoms with Crippen LogP contribution in [-0.2, 0) is 11.2 Å². The Bertz CT molecular complexity index is 599. The molecule has 0 aliphatic carbocycles. The molecule has 19 heavy (non-hydrogen) atoms. The van der Waals surface area contributed by atoms with Gasteiger partial charge in [0.1, 0.15) is 0 Å². The number of halogens is 3. The molecular weight excluding hydrogens is 290 g/mol. The van der Waals surface area contributed by atoms with Crippen molar-refractivity contribution in [2.75, 3.05) is 5.32 Å². The van der Waals surface area contributed by atoms with Crippen LogP contribution in [0, 0.1) is 5.82 Å². The number of rotatable bonds is 3. The largest absolute Gasteiger partial charge is 0.323 e. The summed E-state index contributed by atoms with van der Waals surface area (Å²) in [5.41, 5.74) is 0.584. The summed E-state index contributed by atoms with van der Waals surface area (Å²) in [7, 11) is 0. The Morgan fingerprint density at radius 1 is 1.26 bits per heavy atom. The maximum Gasteiger partial charge on any atom is 0.228 e. The third kappa shape index (κ3) is 3.43. The fourth-order valence-corrected chi connectivity index (χ4v) is 2.06. The molecule has 0 atom stereocenters. The number of hydrogen-bond donors (Lipinski definition) is 1. The van der Waals surface area contributed by atoms with Gasteiger partial charge in [0.2, 0.25) is 5.91 Å². The molecule has 0 aliphatic heterocycles. The number of amides is 1. The second kappa shape index (κ2) is 5.99. The highest BCUT2D eigenvalue weighted by molar-refractivity contribution is 6.36. The molecule has 1 aromatic heterocycles. The first-order valence-electron chi connectivity index (χ1n) is 5.40. The molecule has 3 nitrogen and oxygen atoms in total. The van der Waals surface area contributed by atoms with E-state index in [0.717, 1.165) is 6.20 Å². The second-order valence-corrected chi connectivity index (χ2v) is 4.60. The maximum absolute atomic E-state index is 13.3. The van der Waals surface area contributed by atoms with E-state index in [4.69, 9.17) is 23.2 Å². The van der Waals surface area contributed by atoms with Gasteiger partial charge in [0.05, 0.1) is 18.3 Å². The molecule has 0 saturated carbocycles. The third-order valence-corrected chi connectivity index (χ3v) is 3.15. The van der Waals surface area contributed by atoms with Crippen molar-refractivity contribution < 1.29 is 9.18 Å². The van der Waals surface area contributed by atoms with Gasteiger partial charge in [0.25, 0.3) is 0 Å². The zero-order chi connectivity index (χ0) is 13.8. The van der Waals surface area contributed by atoms with Crippen molar-refractivity contribution in [2.45, 2.75) is 6.42 Å². The van der Waals surface area contributed by atoms with E-state index in [1.165, 1.54) is 12.3 Å². The highest BCUT2D eigenvalue weighted by atomic mass is 35.5. The molecule has 1 N–H and O–H groups in total. The minimum atomic E-state index is -0.596. The quantitative estimate of drug-likeness (QED) is 0.938. The van der Waals surface area contributed by atoms with Crippen molar-refractivity contribution in [1.82, 2.24) is 4.98 Å². The van der Waals surface area contributed by atoms with E-state index >= 15 is 0 Å². The Hall–Kier alpha value is -1.65. The van der Waals surface area contributed by atoms with Crippen molar-refractivity contribution in [3.8, 4) is 0 Å². The zero-order valence-corrected chi connectivity index (χ0v) is 11.2. The molecule has 2 aromatic rings. The molecular formula is C13H9Cl2FN2O. The number of nitrogens with one attached hydrogen (secondary N) is 1. The molecule has 1 aromatic carbocycles. The number of aromatic nitrogens is 1. The average molecular weight is 299 g/mol. The summed E-state index contributed by atoms with van der Waals surface area (Å²) in [5, 5.41) is 3.24. The van der Waals surface area contributed by atoms with Crippen LogP contribution in [0.25, 0.3) is 0 Å². The van der Waals surface area contributed by atoms with Crippen molar-refractivity contribution in [2.24, 2.45) is 0 Å². The first kappa shape index (κ1) is 13.8. The minimum Gasteiger partial charge on any atom is -0.323 e. The van der Waals surface area contributed by atoms with E-state index in [2.05, 4.69) is 10.3 Å². The number of nitrogens with zero attached hydrogens (tertiary/aromatic N) is 1. The summed E-state index contributed by atoms with van der Waals surface area (Å²) in [4.78, 5) is 15.4. The predicted molar refractivity (Wildman–Crippen MR) is 73.0 cm³/mol. The molecule has 1 amide bonds. The summed E-state index contributed by atoms with van der Waals surface area (Å²) < 4.78 is 13.3. The molecule has 2 rings (SSSR count). The summed E-state index contributed by atoms with van der Waals surface area (Å²) >= 11 is 11.9. The van der Waals surface area contributed by atoms with Crippen LogP contribution in [0.1, 0.15) is 5.56 Å². The Balaban J connectivity index is 2.12. The molecule has 6 heteroatoms. The van der Waals surface area contributed by atoms with E-state index in [1.54, 1.807) is 18.2 Å². The van der Waals surface area contributed by atoms with Gasteiger partial charge in [-0.25, -0.2) is 4.39 Å². The summed E-state index contributed by atoms with van der Waals surface area (Å²) in [5.74, 6) is -0.999. The minimum absolute atomic E-state index is 0.0275. The van der Waals surface area contributed by atoms with Gasteiger partial charge in [0.15, 0.2) is 5.82 Å². The molecule has 0 unspecified atom stereocenters. The van der Waals surface area contributed by atoms with E-state index in [0.29, 0.717) is 15.6 Å². The Morgan fingerprint density at radius 3 is 2.58 bits per heavy atom. The predicted octanol–water partition coefficient (Wildman–Crippen LogP) is 3.71. The van der Waals surface area contributed by atoms with Gasteiger partial charge >= 0.3 is 0 Å². The Kier molecular flexibility index (Phi) is 4.35. The normalized spacial score (nSPS) is 10.3. The lowest BCUT2D eigenvalue weighted by atomic mass is 10.1. The van der Waals surface area contributed by atoms with Crippen LogP contribution in [0.3, 0.4) is 0 Å². The highest BCUT2D eigenvalue weighted by Crippen LogP contribution is 2.25. The number of benzene rings is 1. The number of anilines is 1. The van der Waals surface area contributed by atoms with Crippen LogP contribution in [0.4, 0.5) is 10.1 Å². The first-order chi connectivity index (χ1) is 9.08. The van der Waals surface area contributed by atoms with Crippen LogP contribution in [-0.4, -0.2) is 10.9 Å². The van der Waals surface area contributed by atoms with Crippen molar-refractivity contribution >= 4 is 34.8 Å². The number of hydrogen-bond acceptors (Lipinski definition) is 2. The molecule has 1 heterocycles. The fourth-order valence-electron chi connectivity index (χ4n) is 1.53. The number of pyridine rings is 1. The van der Waals surface area contributed by atoms with Crippen LogP contribution < -0.4 is 5.32 Å². The van der Waals surface area contributed by atoms with Crippen LogP contribution >= 0.6 is 23.2 Å². The average Bonchev–Trinajstić information content (AvgIpc) is 2.37. The van der Waals surface area contributed by atoms with Gasteiger partial charge in [-0.2, -0.15) is 0 Å². The monoisotopic (exact) mass is 298 g/mol. The molecule has 0 spiro atoms. The van der Waals surface area contributed by atoms with Crippen molar-refractivity contribution in [3.63, 3.8) is 0 Å². The molecule has 0 bridgehead atoms. The Labute approximate surface area is 119 Å². The SMILES string of the molecule is O=C(Cc1c(Cl)cccc1Cl)Nc1ccncc1F. The number of carbonyl (C=O) groups is 1. The van der Waals surface area contributed by atoms with E-state index < -0.39 is 11.7 Å². The summed E-state index contributed by atoms with van der Waals surface area (Å²) in [6.45, 7) is 0. The van der Waals surface area contributed by atoms with Crippen molar-refractivity contribution in [3.05, 3.63) is 58.1 Å². The molecule has 0 saturated heterocycles. The van der Waals surface area contributed by atoms with Crippen LogP contribution in [0.2, 0.25) is 10.0 Å². The van der Waals surface area contributed by atoms with E-state index in [9.17, 15) is 9.18 Å². The van der Waals surface area contributed by atoms with Gasteiger partial charge in [0, 0.05) is 16.2 Å².